The van der Waals surface area contributed by atoms with E-state index in [0.29, 0.717) is 17.9 Å². The molecule has 0 spiro atoms. The summed E-state index contributed by atoms with van der Waals surface area (Å²) in [4.78, 5) is 13.8. The number of alkyl halides is 3. The summed E-state index contributed by atoms with van der Waals surface area (Å²) in [6.45, 7) is 2.38. The number of ether oxygens (including phenoxy) is 1. The highest BCUT2D eigenvalue weighted by Crippen LogP contribution is 2.33. The second-order valence-corrected chi connectivity index (χ2v) is 5.74. The van der Waals surface area contributed by atoms with Gasteiger partial charge in [-0.15, -0.1) is 5.10 Å². The highest BCUT2D eigenvalue weighted by Gasteiger charge is 2.36. The van der Waals surface area contributed by atoms with Gasteiger partial charge in [-0.1, -0.05) is 23.4 Å². The molecule has 1 atom stereocenters. The van der Waals surface area contributed by atoms with Gasteiger partial charge in [0.15, 0.2) is 6.61 Å². The molecule has 0 N–H and O–H groups in total. The minimum atomic E-state index is -4.54. The van der Waals surface area contributed by atoms with Crippen molar-refractivity contribution in [2.45, 2.75) is 44.8 Å². The van der Waals surface area contributed by atoms with Crippen LogP contribution < -0.4 is 4.74 Å². The molecule has 1 aromatic heterocycles. The SMILES string of the molecule is CCC1CCCCN1C(=O)COc1nnc(C(F)(F)F)s1. The average molecular weight is 323 g/mol. The van der Waals surface area contributed by atoms with Gasteiger partial charge in [0.25, 0.3) is 11.1 Å². The van der Waals surface area contributed by atoms with E-state index >= 15 is 0 Å². The zero-order chi connectivity index (χ0) is 15.5. The summed E-state index contributed by atoms with van der Waals surface area (Å²) in [6.07, 6.45) is -0.681. The normalized spacial score (nSPS) is 19.6. The summed E-state index contributed by atoms with van der Waals surface area (Å²) in [5.41, 5.74) is 0. The van der Waals surface area contributed by atoms with Crippen LogP contribution in [0.15, 0.2) is 0 Å². The molecule has 0 radical (unpaired) electrons. The smallest absolute Gasteiger partial charge is 0.445 e. The van der Waals surface area contributed by atoms with Gasteiger partial charge < -0.3 is 9.64 Å². The Kier molecular flexibility index (Phi) is 5.02. The highest BCUT2D eigenvalue weighted by atomic mass is 32.1. The molecule has 118 valence electrons. The third-order valence-corrected chi connectivity index (χ3v) is 4.27. The number of piperidine rings is 1. The number of rotatable bonds is 4. The first kappa shape index (κ1) is 16.0. The standard InChI is InChI=1S/C12H16F3N3O2S/c1-2-8-5-3-4-6-18(8)9(19)7-20-11-17-16-10(21-11)12(13,14)15/h8H,2-7H2,1H3. The number of carbonyl (C=O) groups excluding carboxylic acids is 1. The fourth-order valence-electron chi connectivity index (χ4n) is 2.34. The van der Waals surface area contributed by atoms with Crippen molar-refractivity contribution in [2.75, 3.05) is 13.2 Å². The van der Waals surface area contributed by atoms with Crippen molar-refractivity contribution in [3.8, 4) is 5.19 Å². The molecule has 1 aliphatic rings. The van der Waals surface area contributed by atoms with Crippen molar-refractivity contribution in [3.63, 3.8) is 0 Å². The van der Waals surface area contributed by atoms with Crippen molar-refractivity contribution >= 4 is 17.2 Å². The monoisotopic (exact) mass is 323 g/mol. The first-order valence-corrected chi connectivity index (χ1v) is 7.56. The number of amides is 1. The summed E-state index contributed by atoms with van der Waals surface area (Å²) < 4.78 is 42.1. The van der Waals surface area contributed by atoms with Crippen LogP contribution in [0.25, 0.3) is 0 Å². The Labute approximate surface area is 124 Å². The molecule has 2 heterocycles. The molecule has 0 aliphatic carbocycles. The number of nitrogens with zero attached hydrogens (tertiary/aromatic N) is 3. The third kappa shape index (κ3) is 4.05. The van der Waals surface area contributed by atoms with Crippen LogP contribution in [0.4, 0.5) is 13.2 Å². The minimum absolute atomic E-state index is 0.190. The molecule has 1 aromatic rings. The third-order valence-electron chi connectivity index (χ3n) is 3.39. The number of likely N-dealkylation sites (tertiary alicyclic amines) is 1. The molecule has 0 saturated carbocycles. The van der Waals surface area contributed by atoms with Gasteiger partial charge in [0.1, 0.15) is 0 Å². The molecule has 0 aromatic carbocycles. The summed E-state index contributed by atoms with van der Waals surface area (Å²) >= 11 is 0.295. The van der Waals surface area contributed by atoms with E-state index in [1.165, 1.54) is 0 Å². The number of carbonyl (C=O) groups is 1. The van der Waals surface area contributed by atoms with Crippen LogP contribution in [0.1, 0.15) is 37.6 Å². The Morgan fingerprint density at radius 1 is 1.43 bits per heavy atom. The second kappa shape index (κ2) is 6.59. The summed E-state index contributed by atoms with van der Waals surface area (Å²) in [5, 5.41) is 4.99. The summed E-state index contributed by atoms with van der Waals surface area (Å²) in [7, 11) is 0. The molecule has 0 bridgehead atoms. The zero-order valence-corrected chi connectivity index (χ0v) is 12.3. The maximum atomic E-state index is 12.4. The molecule has 5 nitrogen and oxygen atoms in total. The van der Waals surface area contributed by atoms with E-state index in [4.69, 9.17) is 4.74 Å². The molecular weight excluding hydrogens is 307 g/mol. The topological polar surface area (TPSA) is 55.3 Å². The van der Waals surface area contributed by atoms with Gasteiger partial charge in [-0.2, -0.15) is 13.2 Å². The van der Waals surface area contributed by atoms with E-state index in [-0.39, 0.29) is 23.7 Å². The van der Waals surface area contributed by atoms with Crippen molar-refractivity contribution in [3.05, 3.63) is 5.01 Å². The van der Waals surface area contributed by atoms with Crippen LogP contribution in [-0.4, -0.2) is 40.2 Å². The molecule has 21 heavy (non-hydrogen) atoms. The van der Waals surface area contributed by atoms with E-state index in [2.05, 4.69) is 10.2 Å². The molecule has 9 heteroatoms. The molecule has 1 amide bonds. The van der Waals surface area contributed by atoms with Gasteiger partial charge in [0.05, 0.1) is 0 Å². The highest BCUT2D eigenvalue weighted by molar-refractivity contribution is 7.13. The Morgan fingerprint density at radius 2 is 2.19 bits per heavy atom. The van der Waals surface area contributed by atoms with Crippen molar-refractivity contribution < 1.29 is 22.7 Å². The fraction of sp³-hybridized carbons (Fsp3) is 0.750. The Morgan fingerprint density at radius 3 is 2.81 bits per heavy atom. The van der Waals surface area contributed by atoms with Crippen LogP contribution >= 0.6 is 11.3 Å². The largest absolute Gasteiger partial charge is 0.459 e. The van der Waals surface area contributed by atoms with Gasteiger partial charge in [-0.25, -0.2) is 0 Å². The van der Waals surface area contributed by atoms with Gasteiger partial charge in [0.2, 0.25) is 5.01 Å². The maximum Gasteiger partial charge on any atom is 0.445 e. The van der Waals surface area contributed by atoms with Crippen molar-refractivity contribution in [1.82, 2.24) is 15.1 Å². The average Bonchev–Trinajstić information content (AvgIpc) is 2.93. The van der Waals surface area contributed by atoms with E-state index in [9.17, 15) is 18.0 Å². The van der Waals surface area contributed by atoms with Crippen LogP contribution in [0.2, 0.25) is 0 Å². The minimum Gasteiger partial charge on any atom is -0.459 e. The number of halogens is 3. The maximum absolute atomic E-state index is 12.4. The molecule has 1 unspecified atom stereocenters. The summed E-state index contributed by atoms with van der Waals surface area (Å²) in [6, 6.07) is 0.190. The number of hydrogen-bond donors (Lipinski definition) is 0. The van der Waals surface area contributed by atoms with Gasteiger partial charge in [-0.05, 0) is 25.7 Å². The lowest BCUT2D eigenvalue weighted by Crippen LogP contribution is -2.45. The van der Waals surface area contributed by atoms with Crippen molar-refractivity contribution in [2.24, 2.45) is 0 Å². The predicted octanol–water partition coefficient (Wildman–Crippen LogP) is 2.73. The zero-order valence-electron chi connectivity index (χ0n) is 11.5. The Bertz CT molecular complexity index is 492. The first-order valence-electron chi connectivity index (χ1n) is 6.74. The lowest BCUT2D eigenvalue weighted by Gasteiger charge is -2.35. The van der Waals surface area contributed by atoms with E-state index in [0.717, 1.165) is 25.7 Å². The summed E-state index contributed by atoms with van der Waals surface area (Å²) in [5.74, 6) is -0.217. The molecule has 1 saturated heterocycles. The number of aromatic nitrogens is 2. The van der Waals surface area contributed by atoms with Crippen LogP contribution in [0.5, 0.6) is 5.19 Å². The van der Waals surface area contributed by atoms with E-state index in [1.54, 1.807) is 4.90 Å². The lowest BCUT2D eigenvalue weighted by molar-refractivity contribution is -0.138. The Hall–Kier alpha value is -1.38. The quantitative estimate of drug-likeness (QED) is 0.855. The molecule has 2 rings (SSSR count). The first-order chi connectivity index (χ1) is 9.91. The molecule has 1 aliphatic heterocycles. The van der Waals surface area contributed by atoms with Gasteiger partial charge in [-0.3, -0.25) is 4.79 Å². The number of hydrogen-bond acceptors (Lipinski definition) is 5. The second-order valence-electron chi connectivity index (χ2n) is 4.80. The molecule has 1 fully saturated rings. The van der Waals surface area contributed by atoms with Crippen LogP contribution in [0, 0.1) is 0 Å². The van der Waals surface area contributed by atoms with E-state index < -0.39 is 11.2 Å². The van der Waals surface area contributed by atoms with Gasteiger partial charge >= 0.3 is 6.18 Å². The van der Waals surface area contributed by atoms with Crippen LogP contribution in [0.3, 0.4) is 0 Å². The predicted molar refractivity (Wildman–Crippen MR) is 70.0 cm³/mol. The van der Waals surface area contributed by atoms with Crippen LogP contribution in [-0.2, 0) is 11.0 Å². The van der Waals surface area contributed by atoms with Gasteiger partial charge in [0, 0.05) is 12.6 Å². The lowest BCUT2D eigenvalue weighted by atomic mass is 10.00. The van der Waals surface area contributed by atoms with Crippen molar-refractivity contribution in [1.29, 1.82) is 0 Å². The molecular formula is C12H16F3N3O2S. The van der Waals surface area contributed by atoms with E-state index in [1.807, 2.05) is 6.92 Å². The fourth-order valence-corrected chi connectivity index (χ4v) is 2.90. The Balaban J connectivity index is 1.90.